The molecule has 1 aliphatic rings. The summed E-state index contributed by atoms with van der Waals surface area (Å²) in [7, 11) is 0. The van der Waals surface area contributed by atoms with Gasteiger partial charge in [-0.1, -0.05) is 6.58 Å². The highest BCUT2D eigenvalue weighted by atomic mass is 16.6. The summed E-state index contributed by atoms with van der Waals surface area (Å²) in [4.78, 5) is 11.0. The fourth-order valence-corrected chi connectivity index (χ4v) is 0.784. The van der Waals surface area contributed by atoms with E-state index in [2.05, 4.69) is 11.3 Å². The van der Waals surface area contributed by atoms with Crippen molar-refractivity contribution in [3.05, 3.63) is 12.2 Å². The molecule has 1 N–H and O–H groups in total. The number of carbonyl (C=O) groups is 1. The van der Waals surface area contributed by atoms with Gasteiger partial charge in [-0.2, -0.15) is 0 Å². The largest absolute Gasteiger partial charge is 0.460 e. The molecule has 1 rings (SSSR count). The van der Waals surface area contributed by atoms with Crippen molar-refractivity contribution in [2.45, 2.75) is 12.5 Å². The Morgan fingerprint density at radius 3 is 2.92 bits per heavy atom. The normalized spacial score (nSPS) is 20.2. The second-order valence-electron chi connectivity index (χ2n) is 2.62. The molecular weight excluding hydrogens is 160 g/mol. The summed E-state index contributed by atoms with van der Waals surface area (Å²) >= 11 is 0. The van der Waals surface area contributed by atoms with Crippen LogP contribution in [0.1, 0.15) is 6.42 Å². The summed E-state index contributed by atoms with van der Waals surface area (Å²) in [6.45, 7) is 4.13. The lowest BCUT2D eigenvalue weighted by Gasteiger charge is -2.03. The van der Waals surface area contributed by atoms with Gasteiger partial charge in [0.15, 0.2) is 0 Å². The summed E-state index contributed by atoms with van der Waals surface area (Å²) in [6.07, 6.45) is 0.684. The third-order valence-electron chi connectivity index (χ3n) is 1.49. The van der Waals surface area contributed by atoms with Crippen LogP contribution in [-0.2, 0) is 14.3 Å². The third-order valence-corrected chi connectivity index (χ3v) is 1.49. The van der Waals surface area contributed by atoms with E-state index in [1.165, 1.54) is 0 Å². The molecule has 0 amide bonds. The molecule has 1 aliphatic heterocycles. The molecule has 1 fully saturated rings. The van der Waals surface area contributed by atoms with E-state index >= 15 is 0 Å². The molecule has 0 aromatic carbocycles. The van der Waals surface area contributed by atoms with Crippen molar-refractivity contribution in [2.75, 3.05) is 19.8 Å². The Hall–Kier alpha value is -0.870. The molecule has 1 atom stereocenters. The molecule has 0 bridgehead atoms. The van der Waals surface area contributed by atoms with Crippen molar-refractivity contribution in [1.82, 2.24) is 0 Å². The van der Waals surface area contributed by atoms with E-state index in [1.54, 1.807) is 0 Å². The maximum atomic E-state index is 11.0. The molecule has 0 aliphatic carbocycles. The summed E-state index contributed by atoms with van der Waals surface area (Å²) in [6, 6.07) is 0. The highest BCUT2D eigenvalue weighted by Gasteiger charge is 2.25. The Morgan fingerprint density at radius 2 is 2.42 bits per heavy atom. The lowest BCUT2D eigenvalue weighted by Crippen LogP contribution is -2.11. The van der Waals surface area contributed by atoms with E-state index in [0.717, 1.165) is 0 Å². The minimum absolute atomic E-state index is 0.0311. The van der Waals surface area contributed by atoms with Gasteiger partial charge in [0.1, 0.15) is 6.61 Å². The average Bonchev–Trinajstić information content (AvgIpc) is 2.83. The van der Waals surface area contributed by atoms with Gasteiger partial charge in [0.05, 0.1) is 19.3 Å². The number of rotatable bonds is 5. The van der Waals surface area contributed by atoms with Crippen molar-refractivity contribution < 1.29 is 19.4 Å². The van der Waals surface area contributed by atoms with E-state index in [-0.39, 0.29) is 19.3 Å². The summed E-state index contributed by atoms with van der Waals surface area (Å²) < 4.78 is 9.55. The lowest BCUT2D eigenvalue weighted by atomic mass is 10.2. The van der Waals surface area contributed by atoms with Crippen LogP contribution in [-0.4, -0.2) is 37.0 Å². The minimum Gasteiger partial charge on any atom is -0.460 e. The Balaban J connectivity index is 2.15. The van der Waals surface area contributed by atoms with Gasteiger partial charge in [-0.3, -0.25) is 0 Å². The maximum Gasteiger partial charge on any atom is 0.333 e. The predicted molar refractivity (Wildman–Crippen MR) is 41.5 cm³/mol. The molecule has 68 valence electrons. The zero-order chi connectivity index (χ0) is 8.97. The van der Waals surface area contributed by atoms with Gasteiger partial charge in [0.25, 0.3) is 0 Å². The number of ether oxygens (including phenoxy) is 2. The van der Waals surface area contributed by atoms with Crippen LogP contribution in [0.5, 0.6) is 0 Å². The van der Waals surface area contributed by atoms with Gasteiger partial charge in [0, 0.05) is 12.0 Å². The van der Waals surface area contributed by atoms with Gasteiger partial charge >= 0.3 is 5.97 Å². The molecular formula is C8H12O4. The first kappa shape index (κ1) is 9.22. The fraction of sp³-hybridized carbons (Fsp3) is 0.625. The fourth-order valence-electron chi connectivity index (χ4n) is 0.784. The molecule has 1 unspecified atom stereocenters. The molecule has 4 nitrogen and oxygen atoms in total. The predicted octanol–water partition coefficient (Wildman–Crippen LogP) is -0.133. The van der Waals surface area contributed by atoms with Crippen molar-refractivity contribution in [1.29, 1.82) is 0 Å². The van der Waals surface area contributed by atoms with Crippen LogP contribution in [0.2, 0.25) is 0 Å². The highest BCUT2D eigenvalue weighted by Crippen LogP contribution is 2.18. The summed E-state index contributed by atoms with van der Waals surface area (Å²) in [5.74, 6) is -0.445. The van der Waals surface area contributed by atoms with Gasteiger partial charge in [-0.25, -0.2) is 4.79 Å². The Kier molecular flexibility index (Phi) is 3.25. The number of aliphatic hydroxyl groups excluding tert-OH is 1. The van der Waals surface area contributed by atoms with E-state index in [9.17, 15) is 4.79 Å². The Morgan fingerprint density at radius 1 is 1.75 bits per heavy atom. The van der Waals surface area contributed by atoms with Crippen LogP contribution in [0.25, 0.3) is 0 Å². The Bertz CT molecular complexity index is 183. The van der Waals surface area contributed by atoms with Crippen LogP contribution < -0.4 is 0 Å². The van der Waals surface area contributed by atoms with Crippen LogP contribution in [0.4, 0.5) is 0 Å². The monoisotopic (exact) mass is 172 g/mol. The maximum absolute atomic E-state index is 11.0. The number of hydrogen-bond acceptors (Lipinski definition) is 4. The quantitative estimate of drug-likeness (QED) is 0.356. The van der Waals surface area contributed by atoms with E-state index < -0.39 is 5.97 Å². The topological polar surface area (TPSA) is 59.1 Å². The van der Waals surface area contributed by atoms with E-state index in [4.69, 9.17) is 9.84 Å². The minimum atomic E-state index is -0.445. The zero-order valence-corrected chi connectivity index (χ0v) is 6.78. The number of aliphatic hydroxyl groups is 1. The molecule has 1 saturated heterocycles. The van der Waals surface area contributed by atoms with Crippen molar-refractivity contribution in [2.24, 2.45) is 0 Å². The van der Waals surface area contributed by atoms with Crippen molar-refractivity contribution in [3.8, 4) is 0 Å². The smallest absolute Gasteiger partial charge is 0.333 e. The number of carbonyl (C=O) groups excluding carboxylic acids is 1. The number of hydrogen-bond donors (Lipinski definition) is 1. The van der Waals surface area contributed by atoms with Gasteiger partial charge in [-0.05, 0) is 0 Å². The molecule has 0 saturated carbocycles. The Labute approximate surface area is 70.8 Å². The standard InChI is InChI=1S/C8H12O4/c1-6(4-7-5-12-7)8(10)11-3-2-9/h7,9H,1-5H2. The first-order valence-corrected chi connectivity index (χ1v) is 3.81. The summed E-state index contributed by atoms with van der Waals surface area (Å²) in [5.41, 5.74) is 0.408. The molecule has 0 spiro atoms. The van der Waals surface area contributed by atoms with Crippen molar-refractivity contribution >= 4 is 5.97 Å². The number of epoxide rings is 1. The van der Waals surface area contributed by atoms with Crippen LogP contribution in [0.15, 0.2) is 12.2 Å². The zero-order valence-electron chi connectivity index (χ0n) is 6.78. The molecule has 0 aromatic rings. The highest BCUT2D eigenvalue weighted by molar-refractivity contribution is 5.87. The molecule has 12 heavy (non-hydrogen) atoms. The first-order chi connectivity index (χ1) is 5.74. The molecule has 0 radical (unpaired) electrons. The molecule has 0 aromatic heterocycles. The van der Waals surface area contributed by atoms with Gasteiger partial charge in [0.2, 0.25) is 0 Å². The van der Waals surface area contributed by atoms with Gasteiger partial charge in [-0.15, -0.1) is 0 Å². The van der Waals surface area contributed by atoms with Crippen LogP contribution in [0, 0.1) is 0 Å². The van der Waals surface area contributed by atoms with Crippen LogP contribution in [0.3, 0.4) is 0 Å². The second-order valence-corrected chi connectivity index (χ2v) is 2.62. The first-order valence-electron chi connectivity index (χ1n) is 3.81. The molecule has 4 heteroatoms. The SMILES string of the molecule is C=C(CC1CO1)C(=O)OCCO. The lowest BCUT2D eigenvalue weighted by molar-refractivity contribution is -0.140. The molecule has 1 heterocycles. The van der Waals surface area contributed by atoms with E-state index in [0.29, 0.717) is 18.6 Å². The van der Waals surface area contributed by atoms with E-state index in [1.807, 2.05) is 0 Å². The van der Waals surface area contributed by atoms with Crippen molar-refractivity contribution in [3.63, 3.8) is 0 Å². The summed E-state index contributed by atoms with van der Waals surface area (Å²) in [5, 5.41) is 8.36. The van der Waals surface area contributed by atoms with Gasteiger partial charge < -0.3 is 14.6 Å². The average molecular weight is 172 g/mol. The third kappa shape index (κ3) is 3.02. The number of esters is 1. The van der Waals surface area contributed by atoms with Crippen LogP contribution >= 0.6 is 0 Å². The second kappa shape index (κ2) is 4.23.